The molecule has 2 aromatic rings. The number of rotatable bonds is 8. The molecule has 0 heterocycles. The van der Waals surface area contributed by atoms with Crippen LogP contribution in [-0.4, -0.2) is 17.7 Å². The van der Waals surface area contributed by atoms with Gasteiger partial charge in [-0.3, -0.25) is 0 Å². The van der Waals surface area contributed by atoms with E-state index in [1.165, 1.54) is 0 Å². The van der Waals surface area contributed by atoms with Gasteiger partial charge in [-0.2, -0.15) is 5.26 Å². The average Bonchev–Trinajstić information content (AvgIpc) is 2.66. The Morgan fingerprint density at radius 1 is 0.920 bits per heavy atom. The monoisotopic (exact) mass is 337 g/mol. The lowest BCUT2D eigenvalue weighted by Gasteiger charge is -2.22. The minimum absolute atomic E-state index is 0.0175. The van der Waals surface area contributed by atoms with Crippen molar-refractivity contribution >= 4 is 6.03 Å². The molecule has 2 amide bonds. The van der Waals surface area contributed by atoms with E-state index < -0.39 is 0 Å². The van der Waals surface area contributed by atoms with Crippen molar-refractivity contribution in [2.24, 2.45) is 0 Å². The Morgan fingerprint density at radius 2 is 1.40 bits per heavy atom. The van der Waals surface area contributed by atoms with Gasteiger partial charge in [0.2, 0.25) is 0 Å². The largest absolute Gasteiger partial charge is 0.396 e. The van der Waals surface area contributed by atoms with E-state index >= 15 is 0 Å². The first kappa shape index (κ1) is 18.5. The molecule has 3 N–H and O–H groups in total. The van der Waals surface area contributed by atoms with Gasteiger partial charge < -0.3 is 15.7 Å². The zero-order valence-corrected chi connectivity index (χ0v) is 14.1. The summed E-state index contributed by atoms with van der Waals surface area (Å²) in [5.41, 5.74) is 1.91. The van der Waals surface area contributed by atoms with Gasteiger partial charge in [0.05, 0.1) is 18.2 Å². The quantitative estimate of drug-likeness (QED) is 0.689. The number of nitrogens with zero attached hydrogens (tertiary/aromatic N) is 1. The molecule has 0 aromatic heterocycles. The van der Waals surface area contributed by atoms with E-state index in [1.54, 1.807) is 0 Å². The zero-order chi connectivity index (χ0) is 17.9. The maximum absolute atomic E-state index is 12.5. The van der Waals surface area contributed by atoms with Crippen LogP contribution in [0.25, 0.3) is 0 Å². The number of carbonyl (C=O) groups is 1. The Balaban J connectivity index is 2.05. The lowest BCUT2D eigenvalue weighted by molar-refractivity contribution is 0.225. The third-order valence-electron chi connectivity index (χ3n) is 3.98. The summed E-state index contributed by atoms with van der Waals surface area (Å²) < 4.78 is 0. The molecule has 0 spiro atoms. The minimum Gasteiger partial charge on any atom is -0.396 e. The van der Waals surface area contributed by atoms with Crippen LogP contribution >= 0.6 is 0 Å². The molecule has 0 aliphatic carbocycles. The number of urea groups is 1. The second-order valence-electron chi connectivity index (χ2n) is 5.75. The van der Waals surface area contributed by atoms with E-state index in [4.69, 9.17) is 5.26 Å². The lowest BCUT2D eigenvalue weighted by Crippen LogP contribution is -2.40. The summed E-state index contributed by atoms with van der Waals surface area (Å²) in [6, 6.07) is 20.5. The van der Waals surface area contributed by atoms with Gasteiger partial charge in [0.15, 0.2) is 0 Å². The molecule has 0 saturated heterocycles. The van der Waals surface area contributed by atoms with Gasteiger partial charge in [0.25, 0.3) is 0 Å². The number of hydrogen-bond donors (Lipinski definition) is 3. The molecule has 5 heteroatoms. The first-order valence-electron chi connectivity index (χ1n) is 8.39. The lowest BCUT2D eigenvalue weighted by atomic mass is 10.0. The Morgan fingerprint density at radius 3 is 1.84 bits per heavy atom. The summed E-state index contributed by atoms with van der Waals surface area (Å²) >= 11 is 0. The Kier molecular flexibility index (Phi) is 7.48. The van der Waals surface area contributed by atoms with Crippen LogP contribution in [-0.2, 0) is 0 Å². The zero-order valence-electron chi connectivity index (χ0n) is 14.1. The van der Waals surface area contributed by atoms with Crippen LogP contribution in [0.15, 0.2) is 60.7 Å². The second-order valence-corrected chi connectivity index (χ2v) is 5.75. The number of amides is 2. The van der Waals surface area contributed by atoms with E-state index in [0.717, 1.165) is 11.1 Å². The number of carbonyl (C=O) groups excluding carboxylic acids is 1. The van der Waals surface area contributed by atoms with Crippen molar-refractivity contribution in [3.63, 3.8) is 0 Å². The number of hydrogen-bond acceptors (Lipinski definition) is 3. The van der Waals surface area contributed by atoms with E-state index in [0.29, 0.717) is 19.3 Å². The summed E-state index contributed by atoms with van der Waals surface area (Å²) in [6.45, 7) is -0.0175. The summed E-state index contributed by atoms with van der Waals surface area (Å²) in [4.78, 5) is 12.5. The molecule has 2 aromatic carbocycles. The Bertz CT molecular complexity index is 683. The maximum Gasteiger partial charge on any atom is 0.315 e. The third-order valence-corrected chi connectivity index (χ3v) is 3.98. The molecule has 0 aliphatic heterocycles. The highest BCUT2D eigenvalue weighted by molar-refractivity contribution is 5.75. The van der Waals surface area contributed by atoms with Gasteiger partial charge in [-0.1, -0.05) is 60.7 Å². The number of aliphatic hydroxyl groups is 1. The molecule has 0 radical (unpaired) electrons. The molecule has 0 aliphatic rings. The van der Waals surface area contributed by atoms with Gasteiger partial charge in [-0.25, -0.2) is 4.79 Å². The highest BCUT2D eigenvalue weighted by Gasteiger charge is 2.18. The predicted molar refractivity (Wildman–Crippen MR) is 96.6 cm³/mol. The standard InChI is InChI=1S/C20H23N3O2/c21-14-7-12-18(16-8-3-1-4-9-16)22-20(25)23-19(13-15-24)17-10-5-2-6-11-17/h1-6,8-11,18-19,24H,7,12-13,15H2,(H2,22,23,25)/t18?,19-/m1/s1. The molecule has 2 atom stereocenters. The molecule has 5 nitrogen and oxygen atoms in total. The molecular weight excluding hydrogens is 314 g/mol. The minimum atomic E-state index is -0.311. The van der Waals surface area contributed by atoms with E-state index in [2.05, 4.69) is 16.7 Å². The Labute approximate surface area is 148 Å². The van der Waals surface area contributed by atoms with Crippen molar-refractivity contribution in [2.75, 3.05) is 6.61 Å². The fourth-order valence-electron chi connectivity index (χ4n) is 2.71. The van der Waals surface area contributed by atoms with Crippen LogP contribution in [0.4, 0.5) is 4.79 Å². The van der Waals surface area contributed by atoms with Crippen LogP contribution in [0.2, 0.25) is 0 Å². The number of benzene rings is 2. The molecule has 0 bridgehead atoms. The SMILES string of the molecule is N#CCCC(NC(=O)N[C@H](CCO)c1ccccc1)c1ccccc1. The molecule has 0 saturated carbocycles. The van der Waals surface area contributed by atoms with Gasteiger partial charge in [0, 0.05) is 13.0 Å². The van der Waals surface area contributed by atoms with Gasteiger partial charge in [0.1, 0.15) is 0 Å². The van der Waals surface area contributed by atoms with Crippen LogP contribution in [0.1, 0.15) is 42.5 Å². The van der Waals surface area contributed by atoms with Crippen molar-refractivity contribution < 1.29 is 9.90 Å². The molecule has 130 valence electrons. The predicted octanol–water partition coefficient (Wildman–Crippen LogP) is 3.45. The summed E-state index contributed by atoms with van der Waals surface area (Å²) in [5.74, 6) is 0. The fourth-order valence-corrected chi connectivity index (χ4v) is 2.71. The van der Waals surface area contributed by atoms with Crippen LogP contribution in [0.3, 0.4) is 0 Å². The first-order valence-corrected chi connectivity index (χ1v) is 8.39. The van der Waals surface area contributed by atoms with E-state index in [-0.39, 0.29) is 24.7 Å². The van der Waals surface area contributed by atoms with E-state index in [1.807, 2.05) is 60.7 Å². The van der Waals surface area contributed by atoms with Crippen LogP contribution in [0.5, 0.6) is 0 Å². The third kappa shape index (κ3) is 5.94. The number of nitrogens with one attached hydrogen (secondary N) is 2. The highest BCUT2D eigenvalue weighted by atomic mass is 16.3. The van der Waals surface area contributed by atoms with Gasteiger partial charge in [-0.05, 0) is 24.0 Å². The van der Waals surface area contributed by atoms with E-state index in [9.17, 15) is 9.90 Å². The van der Waals surface area contributed by atoms with Gasteiger partial charge >= 0.3 is 6.03 Å². The summed E-state index contributed by atoms with van der Waals surface area (Å²) in [5, 5.41) is 24.0. The second kappa shape index (κ2) is 10.1. The topological polar surface area (TPSA) is 85.2 Å². The number of aliphatic hydroxyl groups excluding tert-OH is 1. The molecule has 0 fully saturated rings. The Hall–Kier alpha value is -2.84. The van der Waals surface area contributed by atoms with Crippen molar-refractivity contribution in [3.8, 4) is 6.07 Å². The summed E-state index contributed by atoms with van der Waals surface area (Å²) in [6.07, 6.45) is 1.34. The molecule has 1 unspecified atom stereocenters. The first-order chi connectivity index (χ1) is 12.2. The van der Waals surface area contributed by atoms with Crippen LogP contribution < -0.4 is 10.6 Å². The van der Waals surface area contributed by atoms with Crippen molar-refractivity contribution in [3.05, 3.63) is 71.8 Å². The fraction of sp³-hybridized carbons (Fsp3) is 0.300. The molecular formula is C20H23N3O2. The number of nitriles is 1. The van der Waals surface area contributed by atoms with Crippen LogP contribution in [0, 0.1) is 11.3 Å². The molecule has 25 heavy (non-hydrogen) atoms. The average molecular weight is 337 g/mol. The smallest absolute Gasteiger partial charge is 0.315 e. The highest BCUT2D eigenvalue weighted by Crippen LogP contribution is 2.19. The summed E-state index contributed by atoms with van der Waals surface area (Å²) in [7, 11) is 0. The van der Waals surface area contributed by atoms with Crippen molar-refractivity contribution in [2.45, 2.75) is 31.3 Å². The van der Waals surface area contributed by atoms with Gasteiger partial charge in [-0.15, -0.1) is 0 Å². The molecule has 2 rings (SSSR count). The maximum atomic E-state index is 12.5. The normalized spacial score (nSPS) is 12.6. The van der Waals surface area contributed by atoms with Crippen molar-refractivity contribution in [1.29, 1.82) is 5.26 Å². The van der Waals surface area contributed by atoms with Crippen molar-refractivity contribution in [1.82, 2.24) is 10.6 Å².